The first-order chi connectivity index (χ1) is 12.7. The molecule has 0 radical (unpaired) electrons. The molecule has 1 amide bonds. The van der Waals surface area contributed by atoms with Crippen molar-refractivity contribution in [3.8, 4) is 0 Å². The summed E-state index contributed by atoms with van der Waals surface area (Å²) >= 11 is 0. The molecule has 0 N–H and O–H groups in total. The molecular weight excluding hydrogens is 326 g/mol. The van der Waals surface area contributed by atoms with E-state index in [1.165, 1.54) is 5.39 Å². The van der Waals surface area contributed by atoms with E-state index < -0.39 is 0 Å². The van der Waals surface area contributed by atoms with Gasteiger partial charge in [-0.25, -0.2) is 0 Å². The van der Waals surface area contributed by atoms with Gasteiger partial charge in [0.1, 0.15) is 6.10 Å². The van der Waals surface area contributed by atoms with Gasteiger partial charge in [-0.2, -0.15) is 5.10 Å². The number of benzene rings is 2. The van der Waals surface area contributed by atoms with Crippen molar-refractivity contribution in [3.05, 3.63) is 72.1 Å². The highest BCUT2D eigenvalue weighted by Crippen LogP contribution is 2.23. The molecular formula is C21H21N3O2. The Hall–Kier alpha value is -2.92. The molecule has 2 aromatic carbocycles. The van der Waals surface area contributed by atoms with Gasteiger partial charge in [-0.05, 0) is 22.4 Å². The summed E-state index contributed by atoms with van der Waals surface area (Å²) < 4.78 is 7.56. The Morgan fingerprint density at radius 1 is 1.23 bits per heavy atom. The summed E-state index contributed by atoms with van der Waals surface area (Å²) in [5.74, 6) is 0.00937. The van der Waals surface area contributed by atoms with Crippen LogP contribution in [0, 0.1) is 0 Å². The third-order valence-electron chi connectivity index (χ3n) is 4.70. The number of hydrogen-bond acceptors (Lipinski definition) is 3. The average Bonchev–Trinajstić information content (AvgIpc) is 3.12. The number of carbonyl (C=O) groups excluding carboxylic acids is 1. The molecule has 4 rings (SSSR count). The number of aromatic nitrogens is 2. The zero-order chi connectivity index (χ0) is 17.9. The van der Waals surface area contributed by atoms with Gasteiger partial charge in [0.05, 0.1) is 19.3 Å². The lowest BCUT2D eigenvalue weighted by molar-refractivity contribution is -0.133. The SMILES string of the molecule is Cn1cc(C2CN(C(=O)C=Cc3cccc4ccccc34)CCO2)cn1. The van der Waals surface area contributed by atoms with Crippen LogP contribution >= 0.6 is 0 Å². The predicted octanol–water partition coefficient (Wildman–Crippen LogP) is 3.19. The first kappa shape index (κ1) is 16.5. The summed E-state index contributed by atoms with van der Waals surface area (Å²) in [6.45, 7) is 1.69. The smallest absolute Gasteiger partial charge is 0.246 e. The minimum Gasteiger partial charge on any atom is -0.370 e. The molecule has 1 aromatic heterocycles. The zero-order valence-electron chi connectivity index (χ0n) is 14.7. The fourth-order valence-corrected chi connectivity index (χ4v) is 3.32. The highest BCUT2D eigenvalue weighted by molar-refractivity contribution is 5.96. The normalized spacial score (nSPS) is 17.9. The molecule has 1 atom stereocenters. The van der Waals surface area contributed by atoms with E-state index in [1.807, 2.05) is 48.5 Å². The number of amides is 1. The topological polar surface area (TPSA) is 47.4 Å². The largest absolute Gasteiger partial charge is 0.370 e. The first-order valence-electron chi connectivity index (χ1n) is 8.75. The van der Waals surface area contributed by atoms with Crippen LogP contribution < -0.4 is 0 Å². The molecule has 1 unspecified atom stereocenters. The number of nitrogens with zero attached hydrogens (tertiary/aromatic N) is 3. The summed E-state index contributed by atoms with van der Waals surface area (Å²) in [4.78, 5) is 14.5. The molecule has 5 heteroatoms. The second kappa shape index (κ2) is 7.14. The lowest BCUT2D eigenvalue weighted by Gasteiger charge is -2.31. The molecule has 132 valence electrons. The Bertz CT molecular complexity index is 955. The molecule has 0 spiro atoms. The van der Waals surface area contributed by atoms with Gasteiger partial charge in [0.15, 0.2) is 0 Å². The van der Waals surface area contributed by atoms with Gasteiger partial charge in [0.2, 0.25) is 5.91 Å². The van der Waals surface area contributed by atoms with Crippen molar-refractivity contribution < 1.29 is 9.53 Å². The molecule has 1 fully saturated rings. The third kappa shape index (κ3) is 3.39. The van der Waals surface area contributed by atoms with Crippen molar-refractivity contribution in [2.45, 2.75) is 6.10 Å². The lowest BCUT2D eigenvalue weighted by Crippen LogP contribution is -2.41. The summed E-state index contributed by atoms with van der Waals surface area (Å²) in [6, 6.07) is 14.3. The van der Waals surface area contributed by atoms with Crippen LogP contribution in [0.25, 0.3) is 16.8 Å². The van der Waals surface area contributed by atoms with Crippen LogP contribution in [0.15, 0.2) is 60.9 Å². The molecule has 3 aromatic rings. The van der Waals surface area contributed by atoms with E-state index >= 15 is 0 Å². The van der Waals surface area contributed by atoms with E-state index in [1.54, 1.807) is 17.0 Å². The Kier molecular flexibility index (Phi) is 4.54. The van der Waals surface area contributed by atoms with Gasteiger partial charge in [-0.1, -0.05) is 42.5 Å². The van der Waals surface area contributed by atoms with Gasteiger partial charge in [-0.15, -0.1) is 0 Å². The van der Waals surface area contributed by atoms with Gasteiger partial charge < -0.3 is 9.64 Å². The molecule has 0 saturated carbocycles. The number of aryl methyl sites for hydroxylation is 1. The fraction of sp³-hybridized carbons (Fsp3) is 0.238. The van der Waals surface area contributed by atoms with Crippen molar-refractivity contribution in [2.24, 2.45) is 7.05 Å². The molecule has 1 aliphatic rings. The average molecular weight is 347 g/mol. The van der Waals surface area contributed by atoms with Crippen molar-refractivity contribution in [2.75, 3.05) is 19.7 Å². The van der Waals surface area contributed by atoms with Crippen LogP contribution in [0.5, 0.6) is 0 Å². The predicted molar refractivity (Wildman–Crippen MR) is 101 cm³/mol. The zero-order valence-corrected chi connectivity index (χ0v) is 14.7. The van der Waals surface area contributed by atoms with Crippen molar-refractivity contribution in [1.29, 1.82) is 0 Å². The standard InChI is InChI=1S/C21H21N3O2/c1-23-14-18(13-22-23)20-15-24(11-12-26-20)21(25)10-9-17-7-4-6-16-5-2-3-8-19(16)17/h2-10,13-14,20H,11-12,15H2,1H3. The van der Waals surface area contributed by atoms with Crippen molar-refractivity contribution >= 4 is 22.8 Å². The minimum atomic E-state index is -0.118. The third-order valence-corrected chi connectivity index (χ3v) is 4.70. The molecule has 2 heterocycles. The van der Waals surface area contributed by atoms with E-state index in [-0.39, 0.29) is 12.0 Å². The molecule has 26 heavy (non-hydrogen) atoms. The Morgan fingerprint density at radius 2 is 2.08 bits per heavy atom. The Balaban J connectivity index is 1.49. The summed E-state index contributed by atoms with van der Waals surface area (Å²) in [5.41, 5.74) is 2.05. The van der Waals surface area contributed by atoms with Gasteiger partial charge in [0, 0.05) is 31.4 Å². The highest BCUT2D eigenvalue weighted by Gasteiger charge is 2.25. The lowest BCUT2D eigenvalue weighted by atomic mass is 10.0. The number of ether oxygens (including phenoxy) is 1. The molecule has 5 nitrogen and oxygen atoms in total. The van der Waals surface area contributed by atoms with Crippen LogP contribution in [0.3, 0.4) is 0 Å². The van der Waals surface area contributed by atoms with Crippen LogP contribution in [0.2, 0.25) is 0 Å². The molecule has 0 aliphatic carbocycles. The van der Waals surface area contributed by atoms with E-state index in [4.69, 9.17) is 4.74 Å². The second-order valence-corrected chi connectivity index (χ2v) is 6.49. The van der Waals surface area contributed by atoms with Crippen LogP contribution in [-0.4, -0.2) is 40.3 Å². The summed E-state index contributed by atoms with van der Waals surface area (Å²) in [5, 5.41) is 6.50. The van der Waals surface area contributed by atoms with Crippen molar-refractivity contribution in [3.63, 3.8) is 0 Å². The number of fused-ring (bicyclic) bond motifs is 1. The first-order valence-corrected chi connectivity index (χ1v) is 8.75. The Labute approximate surface area is 152 Å². The summed E-state index contributed by atoms with van der Waals surface area (Å²) in [7, 11) is 1.88. The van der Waals surface area contributed by atoms with Gasteiger partial charge >= 0.3 is 0 Å². The minimum absolute atomic E-state index is 0.00937. The molecule has 1 saturated heterocycles. The summed E-state index contributed by atoms with van der Waals surface area (Å²) in [6.07, 6.45) is 7.18. The monoisotopic (exact) mass is 347 g/mol. The number of carbonyl (C=O) groups is 1. The van der Waals surface area contributed by atoms with E-state index in [9.17, 15) is 4.79 Å². The highest BCUT2D eigenvalue weighted by atomic mass is 16.5. The van der Waals surface area contributed by atoms with Crippen LogP contribution in [0.1, 0.15) is 17.2 Å². The van der Waals surface area contributed by atoms with Crippen LogP contribution in [0.4, 0.5) is 0 Å². The maximum atomic E-state index is 12.7. The number of morpholine rings is 1. The van der Waals surface area contributed by atoms with E-state index in [0.29, 0.717) is 19.7 Å². The van der Waals surface area contributed by atoms with Gasteiger partial charge in [0.25, 0.3) is 0 Å². The van der Waals surface area contributed by atoms with Gasteiger partial charge in [-0.3, -0.25) is 9.48 Å². The maximum Gasteiger partial charge on any atom is 0.246 e. The second-order valence-electron chi connectivity index (χ2n) is 6.49. The quantitative estimate of drug-likeness (QED) is 0.684. The maximum absolute atomic E-state index is 12.7. The number of hydrogen-bond donors (Lipinski definition) is 0. The van der Waals surface area contributed by atoms with E-state index in [0.717, 1.165) is 16.5 Å². The van der Waals surface area contributed by atoms with Crippen molar-refractivity contribution in [1.82, 2.24) is 14.7 Å². The number of rotatable bonds is 3. The fourth-order valence-electron chi connectivity index (χ4n) is 3.32. The molecule has 0 bridgehead atoms. The van der Waals surface area contributed by atoms with E-state index in [2.05, 4.69) is 23.3 Å². The van der Waals surface area contributed by atoms with Crippen LogP contribution in [-0.2, 0) is 16.6 Å². The molecule has 1 aliphatic heterocycles. The Morgan fingerprint density at radius 3 is 2.92 bits per heavy atom.